The largest absolute Gasteiger partial charge is 0.350 e. The molecule has 1 aromatic heterocycles. The van der Waals surface area contributed by atoms with Gasteiger partial charge in [-0.15, -0.1) is 11.3 Å². The summed E-state index contributed by atoms with van der Waals surface area (Å²) in [4.78, 5) is 19.7. The summed E-state index contributed by atoms with van der Waals surface area (Å²) < 4.78 is 6.41. The number of rotatable bonds is 4. The fourth-order valence-electron chi connectivity index (χ4n) is 1.74. The van der Waals surface area contributed by atoms with Gasteiger partial charge in [0.25, 0.3) is 0 Å². The van der Waals surface area contributed by atoms with E-state index in [1.54, 1.807) is 23.3 Å². The maximum atomic E-state index is 11.8. The minimum Gasteiger partial charge on any atom is -0.350 e. The van der Waals surface area contributed by atoms with Gasteiger partial charge < -0.3 is 9.64 Å². The Kier molecular flexibility index (Phi) is 5.62. The van der Waals surface area contributed by atoms with Crippen molar-refractivity contribution in [3.8, 4) is 0 Å². The zero-order valence-corrected chi connectivity index (χ0v) is 13.1. The van der Waals surface area contributed by atoms with Crippen LogP contribution in [0, 0.1) is 0 Å². The van der Waals surface area contributed by atoms with Crippen molar-refractivity contribution in [3.63, 3.8) is 0 Å². The predicted octanol–water partition coefficient (Wildman–Crippen LogP) is 3.11. The van der Waals surface area contributed by atoms with Gasteiger partial charge in [-0.25, -0.2) is 15.1 Å². The smallest absolute Gasteiger partial charge is 0.341 e. The van der Waals surface area contributed by atoms with E-state index in [9.17, 15) is 4.79 Å². The molecule has 5 nitrogen and oxygen atoms in total. The second kappa shape index (κ2) is 7.23. The predicted molar refractivity (Wildman–Crippen MR) is 76.7 cm³/mol. The van der Waals surface area contributed by atoms with Gasteiger partial charge in [0.1, 0.15) is 0 Å². The summed E-state index contributed by atoms with van der Waals surface area (Å²) >= 11 is 5.00. The van der Waals surface area contributed by atoms with Crippen molar-refractivity contribution in [3.05, 3.63) is 20.8 Å². The van der Waals surface area contributed by atoms with E-state index in [0.29, 0.717) is 13.2 Å². The molecule has 2 amide bonds. The molecule has 1 aromatic rings. The molecule has 2 heterocycles. The van der Waals surface area contributed by atoms with E-state index in [-0.39, 0.29) is 12.3 Å². The number of amides is 2. The molecule has 1 atom stereocenters. The number of carbonyl (C=O) groups excluding carboxylic acids is 1. The first-order chi connectivity index (χ1) is 9.15. The normalized spacial score (nSPS) is 19.2. The SMILES string of the molecule is CN(Cc1cc(Br)cs1)C(=O)NO[C@@H]1CCCCO1. The second-order valence-electron chi connectivity index (χ2n) is 4.41. The Morgan fingerprint density at radius 1 is 1.68 bits per heavy atom. The fraction of sp³-hybridized carbons (Fsp3) is 0.583. The molecule has 0 bridgehead atoms. The number of nitrogens with zero attached hydrogens (tertiary/aromatic N) is 1. The minimum atomic E-state index is -0.318. The molecule has 1 fully saturated rings. The summed E-state index contributed by atoms with van der Waals surface area (Å²) in [6, 6.07) is 1.73. The maximum Gasteiger partial charge on any atom is 0.341 e. The average molecular weight is 349 g/mol. The molecule has 0 radical (unpaired) electrons. The van der Waals surface area contributed by atoms with Crippen molar-refractivity contribution in [1.29, 1.82) is 0 Å². The molecule has 0 spiro atoms. The highest BCUT2D eigenvalue weighted by molar-refractivity contribution is 9.10. The van der Waals surface area contributed by atoms with E-state index < -0.39 is 0 Å². The molecule has 0 aromatic carbocycles. The van der Waals surface area contributed by atoms with Crippen LogP contribution in [0.25, 0.3) is 0 Å². The van der Waals surface area contributed by atoms with E-state index in [1.165, 1.54) is 0 Å². The summed E-state index contributed by atoms with van der Waals surface area (Å²) in [5.41, 5.74) is 2.43. The number of carbonyl (C=O) groups is 1. The highest BCUT2D eigenvalue weighted by Gasteiger charge is 2.17. The zero-order valence-electron chi connectivity index (χ0n) is 10.7. The van der Waals surface area contributed by atoms with Gasteiger partial charge in [-0.3, -0.25) is 0 Å². The van der Waals surface area contributed by atoms with Crippen molar-refractivity contribution in [2.75, 3.05) is 13.7 Å². The van der Waals surface area contributed by atoms with Gasteiger partial charge >= 0.3 is 6.03 Å². The van der Waals surface area contributed by atoms with Crippen LogP contribution in [0.4, 0.5) is 4.79 Å². The molecule has 106 valence electrons. The van der Waals surface area contributed by atoms with E-state index in [2.05, 4.69) is 21.4 Å². The van der Waals surface area contributed by atoms with Gasteiger partial charge in [0.2, 0.25) is 0 Å². The molecule has 7 heteroatoms. The number of urea groups is 1. The third-order valence-electron chi connectivity index (χ3n) is 2.78. The van der Waals surface area contributed by atoms with Gasteiger partial charge in [-0.1, -0.05) is 0 Å². The van der Waals surface area contributed by atoms with Crippen LogP contribution in [0.1, 0.15) is 24.1 Å². The van der Waals surface area contributed by atoms with Crippen molar-refractivity contribution in [2.24, 2.45) is 0 Å². The Morgan fingerprint density at radius 2 is 2.53 bits per heavy atom. The number of halogens is 1. The Labute approximate surface area is 125 Å². The summed E-state index contributed by atoms with van der Waals surface area (Å²) in [5, 5.41) is 1.99. The number of nitrogens with one attached hydrogen (secondary N) is 1. The van der Waals surface area contributed by atoms with Crippen molar-refractivity contribution < 1.29 is 14.4 Å². The van der Waals surface area contributed by atoms with Crippen LogP contribution < -0.4 is 5.48 Å². The van der Waals surface area contributed by atoms with Gasteiger partial charge in [0, 0.05) is 34.8 Å². The van der Waals surface area contributed by atoms with Gasteiger partial charge in [-0.05, 0) is 34.8 Å². The fourth-order valence-corrected chi connectivity index (χ4v) is 3.24. The van der Waals surface area contributed by atoms with Crippen LogP contribution in [0.5, 0.6) is 0 Å². The average Bonchev–Trinajstić information content (AvgIpc) is 2.82. The second-order valence-corrected chi connectivity index (χ2v) is 6.32. The van der Waals surface area contributed by atoms with Crippen LogP contribution in [-0.2, 0) is 16.1 Å². The number of hydroxylamine groups is 1. The number of hydrogen-bond donors (Lipinski definition) is 1. The lowest BCUT2D eigenvalue weighted by Crippen LogP contribution is -2.40. The maximum absolute atomic E-state index is 11.8. The van der Waals surface area contributed by atoms with Crippen molar-refractivity contribution in [1.82, 2.24) is 10.4 Å². The van der Waals surface area contributed by atoms with Gasteiger partial charge in [-0.2, -0.15) is 0 Å². The molecule has 1 aliphatic heterocycles. The molecular formula is C12H17BrN2O3S. The van der Waals surface area contributed by atoms with Crippen LogP contribution in [-0.4, -0.2) is 30.9 Å². The van der Waals surface area contributed by atoms with Crippen molar-refractivity contribution >= 4 is 33.3 Å². The lowest BCUT2D eigenvalue weighted by Gasteiger charge is -2.24. The zero-order chi connectivity index (χ0) is 13.7. The third kappa shape index (κ3) is 4.76. The van der Waals surface area contributed by atoms with E-state index in [4.69, 9.17) is 9.57 Å². The summed E-state index contributed by atoms with van der Waals surface area (Å²) in [7, 11) is 1.73. The Balaban J connectivity index is 1.72. The molecule has 2 rings (SSSR count). The number of ether oxygens (including phenoxy) is 1. The van der Waals surface area contributed by atoms with E-state index in [0.717, 1.165) is 28.6 Å². The van der Waals surface area contributed by atoms with Crippen molar-refractivity contribution in [2.45, 2.75) is 32.1 Å². The first-order valence-electron chi connectivity index (χ1n) is 6.16. The standard InChI is InChI=1S/C12H17BrN2O3S/c1-15(7-10-6-9(13)8-19-10)12(16)14-18-11-4-2-3-5-17-11/h6,8,11H,2-5,7H2,1H3,(H,14,16)/t11-/m1/s1. The monoisotopic (exact) mass is 348 g/mol. The van der Waals surface area contributed by atoms with E-state index in [1.807, 2.05) is 11.4 Å². The van der Waals surface area contributed by atoms with Crippen LogP contribution in [0.15, 0.2) is 15.9 Å². The molecule has 0 aliphatic carbocycles. The Morgan fingerprint density at radius 3 is 3.16 bits per heavy atom. The Hall–Kier alpha value is -0.630. The van der Waals surface area contributed by atoms with E-state index >= 15 is 0 Å². The summed E-state index contributed by atoms with van der Waals surface area (Å²) in [6.45, 7) is 1.25. The molecule has 1 N–H and O–H groups in total. The molecular weight excluding hydrogens is 332 g/mol. The first kappa shape index (κ1) is 14.8. The highest BCUT2D eigenvalue weighted by atomic mass is 79.9. The topological polar surface area (TPSA) is 50.8 Å². The lowest BCUT2D eigenvalue weighted by molar-refractivity contribution is -0.187. The van der Waals surface area contributed by atoms with Crippen LogP contribution >= 0.6 is 27.3 Å². The van der Waals surface area contributed by atoms with Gasteiger partial charge in [0.05, 0.1) is 6.54 Å². The highest BCUT2D eigenvalue weighted by Crippen LogP contribution is 2.20. The molecule has 1 aliphatic rings. The molecule has 1 saturated heterocycles. The van der Waals surface area contributed by atoms with Gasteiger partial charge in [0.15, 0.2) is 6.29 Å². The lowest BCUT2D eigenvalue weighted by atomic mass is 10.2. The number of thiophene rings is 1. The number of hydrogen-bond acceptors (Lipinski definition) is 4. The molecule has 0 saturated carbocycles. The minimum absolute atomic E-state index is 0.265. The summed E-state index contributed by atoms with van der Waals surface area (Å²) in [6.07, 6.45) is 2.63. The Bertz CT molecular complexity index is 421. The quantitative estimate of drug-likeness (QED) is 0.850. The van der Waals surface area contributed by atoms with Crippen LogP contribution in [0.2, 0.25) is 0 Å². The molecule has 0 unspecified atom stereocenters. The third-order valence-corrected chi connectivity index (χ3v) is 4.46. The van der Waals surface area contributed by atoms with Crippen LogP contribution in [0.3, 0.4) is 0 Å². The first-order valence-corrected chi connectivity index (χ1v) is 7.83. The summed E-state index contributed by atoms with van der Waals surface area (Å²) in [5.74, 6) is 0. The molecule has 19 heavy (non-hydrogen) atoms.